The average Bonchev–Trinajstić information content (AvgIpc) is 3.03. The normalized spacial score (nSPS) is 11.0. The molecule has 0 aliphatic rings. The van der Waals surface area contributed by atoms with Crippen LogP contribution < -0.4 is 5.32 Å². The maximum absolute atomic E-state index is 13.0. The molecule has 140 valence electrons. The highest BCUT2D eigenvalue weighted by atomic mass is 32.1. The molecular weight excluding hydrogens is 361 g/mol. The number of rotatable bonds is 7. The molecule has 0 fully saturated rings. The number of aryl methyl sites for hydroxylation is 1. The van der Waals surface area contributed by atoms with Gasteiger partial charge < -0.3 is 5.32 Å². The molecular formula is C21H22FN3OS. The monoisotopic (exact) mass is 383 g/mol. The van der Waals surface area contributed by atoms with E-state index in [0.29, 0.717) is 11.7 Å². The number of likely N-dealkylation sites (N-methyl/N-ethyl adjacent to an activating group) is 1. The van der Waals surface area contributed by atoms with Crippen molar-refractivity contribution in [3.05, 3.63) is 82.1 Å². The van der Waals surface area contributed by atoms with Gasteiger partial charge in [0.05, 0.1) is 6.54 Å². The van der Waals surface area contributed by atoms with E-state index in [4.69, 9.17) is 0 Å². The van der Waals surface area contributed by atoms with Gasteiger partial charge in [0.2, 0.25) is 5.91 Å². The van der Waals surface area contributed by atoms with Gasteiger partial charge in [-0.1, -0.05) is 42.0 Å². The van der Waals surface area contributed by atoms with E-state index in [1.165, 1.54) is 34.6 Å². The third-order valence-corrected chi connectivity index (χ3v) is 4.95. The van der Waals surface area contributed by atoms with Crippen LogP contribution in [-0.2, 0) is 17.8 Å². The summed E-state index contributed by atoms with van der Waals surface area (Å²) in [5.41, 5.74) is 3.42. The summed E-state index contributed by atoms with van der Waals surface area (Å²) < 4.78 is 13.0. The van der Waals surface area contributed by atoms with Crippen molar-refractivity contribution in [1.82, 2.24) is 9.88 Å². The second-order valence-electron chi connectivity index (χ2n) is 6.64. The topological polar surface area (TPSA) is 45.2 Å². The highest BCUT2D eigenvalue weighted by molar-refractivity contribution is 7.15. The minimum absolute atomic E-state index is 0.115. The Hall–Kier alpha value is -2.57. The number of aromatic nitrogens is 1. The van der Waals surface area contributed by atoms with Crippen LogP contribution in [0.25, 0.3) is 0 Å². The van der Waals surface area contributed by atoms with Crippen LogP contribution in [-0.4, -0.2) is 29.4 Å². The molecule has 0 aliphatic carbocycles. The van der Waals surface area contributed by atoms with Gasteiger partial charge in [-0.05, 0) is 37.2 Å². The first-order valence-electron chi connectivity index (χ1n) is 8.71. The third kappa shape index (κ3) is 5.98. The van der Waals surface area contributed by atoms with Crippen molar-refractivity contribution in [2.75, 3.05) is 18.9 Å². The lowest BCUT2D eigenvalue weighted by atomic mass is 10.1. The van der Waals surface area contributed by atoms with Crippen molar-refractivity contribution in [3.63, 3.8) is 0 Å². The van der Waals surface area contributed by atoms with Crippen molar-refractivity contribution < 1.29 is 9.18 Å². The van der Waals surface area contributed by atoms with Crippen molar-refractivity contribution >= 4 is 22.4 Å². The molecule has 0 saturated heterocycles. The van der Waals surface area contributed by atoms with Gasteiger partial charge in [0, 0.05) is 24.0 Å². The Bertz CT molecular complexity index is 908. The van der Waals surface area contributed by atoms with Crippen LogP contribution in [0.15, 0.2) is 54.7 Å². The quantitative estimate of drug-likeness (QED) is 0.663. The maximum Gasteiger partial charge on any atom is 0.240 e. The fraction of sp³-hybridized carbons (Fsp3) is 0.238. The zero-order valence-electron chi connectivity index (χ0n) is 15.4. The molecule has 0 unspecified atom stereocenters. The van der Waals surface area contributed by atoms with Crippen LogP contribution in [0, 0.1) is 12.7 Å². The van der Waals surface area contributed by atoms with Gasteiger partial charge in [0.1, 0.15) is 5.82 Å². The van der Waals surface area contributed by atoms with Crippen molar-refractivity contribution in [2.24, 2.45) is 0 Å². The van der Waals surface area contributed by atoms with Gasteiger partial charge in [0.25, 0.3) is 0 Å². The fourth-order valence-electron chi connectivity index (χ4n) is 2.83. The van der Waals surface area contributed by atoms with E-state index < -0.39 is 0 Å². The first-order chi connectivity index (χ1) is 13.0. The molecule has 1 heterocycles. The minimum atomic E-state index is -0.260. The average molecular weight is 383 g/mol. The summed E-state index contributed by atoms with van der Waals surface area (Å²) in [6.07, 6.45) is 2.62. The molecule has 0 aliphatic heterocycles. The first kappa shape index (κ1) is 19.2. The second-order valence-corrected chi connectivity index (χ2v) is 7.76. The number of nitrogens with one attached hydrogen (secondary N) is 1. The van der Waals surface area contributed by atoms with E-state index in [9.17, 15) is 9.18 Å². The van der Waals surface area contributed by atoms with Crippen molar-refractivity contribution in [3.8, 4) is 0 Å². The summed E-state index contributed by atoms with van der Waals surface area (Å²) >= 11 is 1.49. The Morgan fingerprint density at radius 3 is 2.70 bits per heavy atom. The highest BCUT2D eigenvalue weighted by Crippen LogP contribution is 2.21. The Balaban J connectivity index is 1.50. The standard InChI is InChI=1S/C21H22FN3OS/c1-15-4-3-5-17(10-15)11-19-12-23-21(27-19)24-20(26)14-25(2)13-16-6-8-18(22)9-7-16/h3-10,12H,11,13-14H2,1-2H3,(H,23,24,26). The minimum Gasteiger partial charge on any atom is -0.301 e. The zero-order chi connectivity index (χ0) is 19.2. The number of nitrogens with zero attached hydrogens (tertiary/aromatic N) is 2. The molecule has 3 aromatic rings. The van der Waals surface area contributed by atoms with E-state index in [1.54, 1.807) is 12.1 Å². The summed E-state index contributed by atoms with van der Waals surface area (Å²) in [6.45, 7) is 2.89. The Morgan fingerprint density at radius 1 is 1.19 bits per heavy atom. The molecule has 0 atom stereocenters. The summed E-state index contributed by atoms with van der Waals surface area (Å²) in [5, 5.41) is 3.46. The summed E-state index contributed by atoms with van der Waals surface area (Å²) in [5.74, 6) is -0.375. The van der Waals surface area contributed by atoms with Crippen LogP contribution in [0.4, 0.5) is 9.52 Å². The predicted molar refractivity (Wildman–Crippen MR) is 107 cm³/mol. The van der Waals surface area contributed by atoms with E-state index in [0.717, 1.165) is 16.9 Å². The lowest BCUT2D eigenvalue weighted by molar-refractivity contribution is -0.117. The molecule has 1 N–H and O–H groups in total. The predicted octanol–water partition coefficient (Wildman–Crippen LogP) is 4.25. The number of carbonyl (C=O) groups excluding carboxylic acids is 1. The number of thiazole rings is 1. The number of amides is 1. The largest absolute Gasteiger partial charge is 0.301 e. The van der Waals surface area contributed by atoms with Gasteiger partial charge in [-0.15, -0.1) is 11.3 Å². The molecule has 0 radical (unpaired) electrons. The fourth-order valence-corrected chi connectivity index (χ4v) is 3.69. The zero-order valence-corrected chi connectivity index (χ0v) is 16.2. The number of hydrogen-bond acceptors (Lipinski definition) is 4. The molecule has 1 aromatic heterocycles. The Kier molecular flexibility index (Phi) is 6.32. The van der Waals surface area contributed by atoms with E-state index in [2.05, 4.69) is 35.4 Å². The molecule has 3 rings (SSSR count). The molecule has 0 saturated carbocycles. The molecule has 4 nitrogen and oxygen atoms in total. The van der Waals surface area contributed by atoms with Gasteiger partial charge in [-0.25, -0.2) is 9.37 Å². The van der Waals surface area contributed by atoms with Gasteiger partial charge in [-0.3, -0.25) is 9.69 Å². The lowest BCUT2D eigenvalue weighted by Gasteiger charge is -2.15. The summed E-state index contributed by atoms with van der Waals surface area (Å²) in [6, 6.07) is 14.7. The van der Waals surface area contributed by atoms with Crippen LogP contribution in [0.3, 0.4) is 0 Å². The second kappa shape index (κ2) is 8.88. The van der Waals surface area contributed by atoms with E-state index in [-0.39, 0.29) is 18.3 Å². The van der Waals surface area contributed by atoms with Gasteiger partial charge in [0.15, 0.2) is 5.13 Å². The number of benzene rings is 2. The third-order valence-electron chi connectivity index (χ3n) is 4.04. The molecule has 2 aromatic carbocycles. The first-order valence-corrected chi connectivity index (χ1v) is 9.52. The van der Waals surface area contributed by atoms with E-state index >= 15 is 0 Å². The molecule has 27 heavy (non-hydrogen) atoms. The Morgan fingerprint density at radius 2 is 1.96 bits per heavy atom. The number of anilines is 1. The van der Waals surface area contributed by atoms with E-state index in [1.807, 2.05) is 24.2 Å². The van der Waals surface area contributed by atoms with Gasteiger partial charge >= 0.3 is 0 Å². The maximum atomic E-state index is 13.0. The number of halogens is 1. The van der Waals surface area contributed by atoms with Crippen molar-refractivity contribution in [1.29, 1.82) is 0 Å². The number of hydrogen-bond donors (Lipinski definition) is 1. The lowest BCUT2D eigenvalue weighted by Crippen LogP contribution is -2.29. The molecule has 0 bridgehead atoms. The van der Waals surface area contributed by atoms with Crippen LogP contribution in [0.1, 0.15) is 21.6 Å². The molecule has 6 heteroatoms. The number of carbonyl (C=O) groups is 1. The Labute approximate surface area is 162 Å². The van der Waals surface area contributed by atoms with Crippen LogP contribution in [0.2, 0.25) is 0 Å². The molecule has 0 spiro atoms. The molecule has 1 amide bonds. The van der Waals surface area contributed by atoms with Crippen molar-refractivity contribution in [2.45, 2.75) is 19.9 Å². The summed E-state index contributed by atoms with van der Waals surface area (Å²) in [7, 11) is 1.86. The summed E-state index contributed by atoms with van der Waals surface area (Å²) in [4.78, 5) is 19.5. The highest BCUT2D eigenvalue weighted by Gasteiger charge is 2.10. The van der Waals surface area contributed by atoms with Crippen LogP contribution >= 0.6 is 11.3 Å². The smallest absolute Gasteiger partial charge is 0.240 e. The van der Waals surface area contributed by atoms with Crippen LogP contribution in [0.5, 0.6) is 0 Å². The van der Waals surface area contributed by atoms with Gasteiger partial charge in [-0.2, -0.15) is 0 Å². The SMILES string of the molecule is Cc1cccc(Cc2cnc(NC(=O)CN(C)Cc3ccc(F)cc3)s2)c1.